The molecule has 0 saturated carbocycles. The van der Waals surface area contributed by atoms with Gasteiger partial charge in [-0.3, -0.25) is 0 Å². The first-order valence-electron chi connectivity index (χ1n) is 8.35. The van der Waals surface area contributed by atoms with Gasteiger partial charge in [0.2, 0.25) is 0 Å². The van der Waals surface area contributed by atoms with Gasteiger partial charge in [-0.25, -0.2) is 0 Å². The van der Waals surface area contributed by atoms with Gasteiger partial charge in [0.05, 0.1) is 6.61 Å². The van der Waals surface area contributed by atoms with Crippen LogP contribution in [-0.2, 0) is 6.42 Å². The number of hydrogen-bond acceptors (Lipinski definition) is 4. The Morgan fingerprint density at radius 2 is 1.68 bits per heavy atom. The van der Waals surface area contributed by atoms with Crippen LogP contribution in [0.1, 0.15) is 45.6 Å². The molecule has 0 heterocycles. The molecule has 22 heavy (non-hydrogen) atoms. The summed E-state index contributed by atoms with van der Waals surface area (Å²) in [5, 5.41) is 8.67. The van der Waals surface area contributed by atoms with Crippen LogP contribution in [0.4, 0.5) is 0 Å². The fraction of sp³-hybridized carbons (Fsp3) is 0.667. The quantitative estimate of drug-likeness (QED) is 0.621. The minimum atomic E-state index is -0.127. The fourth-order valence-electron chi connectivity index (χ4n) is 1.35. The summed E-state index contributed by atoms with van der Waals surface area (Å²) in [6.07, 6.45) is 4.34. The molecule has 1 unspecified atom stereocenters. The molecule has 1 rings (SSSR count). The van der Waals surface area contributed by atoms with E-state index in [1.807, 2.05) is 30.3 Å². The minimum Gasteiger partial charge on any atom is -0.395 e. The van der Waals surface area contributed by atoms with Gasteiger partial charge in [-0.05, 0) is 37.4 Å². The van der Waals surface area contributed by atoms with E-state index >= 15 is 0 Å². The topological polar surface area (TPSA) is 98.3 Å². The molecular formula is C18H37N3O. The van der Waals surface area contributed by atoms with E-state index in [1.54, 1.807) is 0 Å². The van der Waals surface area contributed by atoms with E-state index in [0.717, 1.165) is 19.5 Å². The first kappa shape index (κ1) is 23.3. The molecule has 1 aromatic carbocycles. The largest absolute Gasteiger partial charge is 0.395 e. The van der Waals surface area contributed by atoms with Crippen LogP contribution in [0.3, 0.4) is 0 Å². The van der Waals surface area contributed by atoms with Crippen molar-refractivity contribution in [2.75, 3.05) is 19.7 Å². The third-order valence-corrected chi connectivity index (χ3v) is 3.23. The highest BCUT2D eigenvalue weighted by Gasteiger charge is 2.00. The zero-order valence-corrected chi connectivity index (χ0v) is 14.7. The molecule has 0 aliphatic rings. The van der Waals surface area contributed by atoms with Crippen molar-refractivity contribution >= 4 is 0 Å². The molecule has 0 spiro atoms. The lowest BCUT2D eigenvalue weighted by atomic mass is 10.1. The van der Waals surface area contributed by atoms with Crippen LogP contribution in [0.2, 0.25) is 0 Å². The maximum absolute atomic E-state index is 8.67. The van der Waals surface area contributed by atoms with E-state index in [4.69, 9.17) is 22.3 Å². The first-order chi connectivity index (χ1) is 10.5. The molecule has 7 N–H and O–H groups in total. The average Bonchev–Trinajstić information content (AvgIpc) is 2.56. The number of rotatable bonds is 7. The molecule has 0 radical (unpaired) electrons. The van der Waals surface area contributed by atoms with Gasteiger partial charge in [0.25, 0.3) is 0 Å². The van der Waals surface area contributed by atoms with Crippen molar-refractivity contribution in [2.45, 2.75) is 52.5 Å². The molecule has 0 saturated heterocycles. The smallest absolute Gasteiger partial charge is 0.0585 e. The minimum absolute atomic E-state index is 0.0505. The molecule has 4 nitrogen and oxygen atoms in total. The van der Waals surface area contributed by atoms with Crippen molar-refractivity contribution < 1.29 is 5.11 Å². The zero-order valence-electron chi connectivity index (χ0n) is 14.7. The van der Waals surface area contributed by atoms with Gasteiger partial charge in [0.15, 0.2) is 0 Å². The number of nitrogens with two attached hydrogens (primary N) is 3. The van der Waals surface area contributed by atoms with Crippen molar-refractivity contribution in [3.05, 3.63) is 35.9 Å². The Bertz CT molecular complexity index is 300. The highest BCUT2D eigenvalue weighted by molar-refractivity contribution is 5.15. The summed E-state index contributed by atoms with van der Waals surface area (Å²) in [6, 6.07) is 9.80. The monoisotopic (exact) mass is 311 g/mol. The second-order valence-electron chi connectivity index (χ2n) is 5.52. The van der Waals surface area contributed by atoms with E-state index in [0.29, 0.717) is 5.92 Å². The summed E-state index contributed by atoms with van der Waals surface area (Å²) in [7, 11) is 0. The molecule has 0 aliphatic carbocycles. The Labute approximate surface area is 137 Å². The molecule has 0 fully saturated rings. The van der Waals surface area contributed by atoms with Gasteiger partial charge in [-0.15, -0.1) is 0 Å². The Hall–Kier alpha value is -0.940. The number of unbranched alkanes of at least 4 members (excludes halogenated alkanes) is 1. The Balaban J connectivity index is 0. The number of benzene rings is 1. The second kappa shape index (κ2) is 18.1. The SMILES string of the molecule is CCC(C)CN.CCCCN.N[C@@H](CO)Cc1ccccc1. The van der Waals surface area contributed by atoms with E-state index in [2.05, 4.69) is 20.8 Å². The maximum atomic E-state index is 8.67. The van der Waals surface area contributed by atoms with E-state index in [1.165, 1.54) is 24.8 Å². The van der Waals surface area contributed by atoms with Crippen molar-refractivity contribution in [1.82, 2.24) is 0 Å². The summed E-state index contributed by atoms with van der Waals surface area (Å²) in [5.41, 5.74) is 17.2. The number of aliphatic hydroxyl groups excluding tert-OH is 1. The molecule has 1 aromatic rings. The normalized spacial score (nSPS) is 12.3. The lowest BCUT2D eigenvalue weighted by molar-refractivity contribution is 0.265. The Morgan fingerprint density at radius 1 is 1.09 bits per heavy atom. The Kier molecular flexibility index (Phi) is 19.2. The molecule has 0 aliphatic heterocycles. The highest BCUT2D eigenvalue weighted by atomic mass is 16.3. The standard InChI is InChI=1S/C9H13NO.C5H13N.C4H11N/c10-9(7-11)6-8-4-2-1-3-5-8;1-3-5(2)4-6;1-2-3-4-5/h1-5,9,11H,6-7,10H2;5H,3-4,6H2,1-2H3;2-5H2,1H3/t9-;;/m1../s1. The lowest BCUT2D eigenvalue weighted by Gasteiger charge is -2.06. The van der Waals surface area contributed by atoms with Gasteiger partial charge in [0, 0.05) is 6.04 Å². The highest BCUT2D eigenvalue weighted by Crippen LogP contribution is 2.00. The Morgan fingerprint density at radius 3 is 1.95 bits per heavy atom. The molecule has 130 valence electrons. The maximum Gasteiger partial charge on any atom is 0.0585 e. The second-order valence-corrected chi connectivity index (χ2v) is 5.52. The van der Waals surface area contributed by atoms with Crippen LogP contribution in [0, 0.1) is 5.92 Å². The third kappa shape index (κ3) is 17.1. The summed E-state index contributed by atoms with van der Waals surface area (Å²) in [4.78, 5) is 0. The summed E-state index contributed by atoms with van der Waals surface area (Å²) >= 11 is 0. The van der Waals surface area contributed by atoms with Crippen molar-refractivity contribution in [3.8, 4) is 0 Å². The van der Waals surface area contributed by atoms with Crippen LogP contribution in [0.15, 0.2) is 30.3 Å². The van der Waals surface area contributed by atoms with E-state index in [9.17, 15) is 0 Å². The van der Waals surface area contributed by atoms with Gasteiger partial charge < -0.3 is 22.3 Å². The van der Waals surface area contributed by atoms with Crippen LogP contribution >= 0.6 is 0 Å². The van der Waals surface area contributed by atoms with Gasteiger partial charge in [-0.2, -0.15) is 0 Å². The number of hydrogen-bond donors (Lipinski definition) is 4. The molecule has 0 bridgehead atoms. The van der Waals surface area contributed by atoms with Gasteiger partial charge in [0.1, 0.15) is 0 Å². The lowest BCUT2D eigenvalue weighted by Crippen LogP contribution is -2.26. The molecule has 2 atom stereocenters. The molecule has 4 heteroatoms. The molecular weight excluding hydrogens is 274 g/mol. The van der Waals surface area contributed by atoms with Crippen molar-refractivity contribution in [2.24, 2.45) is 23.1 Å². The third-order valence-electron chi connectivity index (χ3n) is 3.23. The summed E-state index contributed by atoms with van der Waals surface area (Å²) in [6.45, 7) is 8.16. The van der Waals surface area contributed by atoms with Gasteiger partial charge >= 0.3 is 0 Å². The predicted molar refractivity (Wildman–Crippen MR) is 97.7 cm³/mol. The fourth-order valence-corrected chi connectivity index (χ4v) is 1.35. The van der Waals surface area contributed by atoms with Crippen molar-refractivity contribution in [3.63, 3.8) is 0 Å². The van der Waals surface area contributed by atoms with Crippen molar-refractivity contribution in [1.29, 1.82) is 0 Å². The predicted octanol–water partition coefficient (Wildman–Crippen LogP) is 2.29. The zero-order chi connectivity index (χ0) is 17.2. The van der Waals surface area contributed by atoms with Crippen LogP contribution in [0.25, 0.3) is 0 Å². The first-order valence-corrected chi connectivity index (χ1v) is 8.35. The summed E-state index contributed by atoms with van der Waals surface area (Å²) in [5.74, 6) is 0.713. The summed E-state index contributed by atoms with van der Waals surface area (Å²) < 4.78 is 0. The average molecular weight is 312 g/mol. The van der Waals surface area contributed by atoms with Crippen LogP contribution in [0.5, 0.6) is 0 Å². The number of aliphatic hydroxyl groups is 1. The van der Waals surface area contributed by atoms with Gasteiger partial charge in [-0.1, -0.05) is 63.9 Å². The van der Waals surface area contributed by atoms with Crippen LogP contribution in [-0.4, -0.2) is 30.8 Å². The van der Waals surface area contributed by atoms with E-state index in [-0.39, 0.29) is 12.6 Å². The van der Waals surface area contributed by atoms with E-state index < -0.39 is 0 Å². The molecule has 0 aromatic heterocycles. The molecule has 0 amide bonds. The van der Waals surface area contributed by atoms with Crippen LogP contribution < -0.4 is 17.2 Å².